The van der Waals surface area contributed by atoms with Crippen LogP contribution >= 0.6 is 0 Å². The van der Waals surface area contributed by atoms with Crippen LogP contribution in [0.4, 0.5) is 0 Å². The molecule has 0 fully saturated rings. The van der Waals surface area contributed by atoms with Gasteiger partial charge in [0.1, 0.15) is 5.76 Å². The molecule has 22 heavy (non-hydrogen) atoms. The summed E-state index contributed by atoms with van der Waals surface area (Å²) in [6, 6.07) is 3.15. The predicted octanol–water partition coefficient (Wildman–Crippen LogP) is 5.46. The van der Waals surface area contributed by atoms with Crippen molar-refractivity contribution in [2.45, 2.75) is 47.0 Å². The van der Waals surface area contributed by atoms with Gasteiger partial charge in [0, 0.05) is 0 Å². The molecule has 0 bridgehead atoms. The number of hydrogen-bond donors (Lipinski definition) is 1. The van der Waals surface area contributed by atoms with Gasteiger partial charge in [-0.2, -0.15) is 0 Å². The summed E-state index contributed by atoms with van der Waals surface area (Å²) in [6.45, 7) is 8.79. The van der Waals surface area contributed by atoms with Crippen molar-refractivity contribution in [1.29, 1.82) is 0 Å². The van der Waals surface area contributed by atoms with Gasteiger partial charge in [0.15, 0.2) is 0 Å². The highest BCUT2D eigenvalue weighted by Gasteiger charge is 2.26. The Kier molecular flexibility index (Phi) is 4.74. The van der Waals surface area contributed by atoms with Gasteiger partial charge >= 0.3 is 5.97 Å². The van der Waals surface area contributed by atoms with E-state index in [4.69, 9.17) is 9.52 Å². The molecule has 1 aromatic heterocycles. The molecule has 0 unspecified atom stereocenters. The Morgan fingerprint density at radius 1 is 1.36 bits per heavy atom. The molecule has 0 amide bonds. The number of rotatable bonds is 4. The Morgan fingerprint density at radius 3 is 2.68 bits per heavy atom. The first-order chi connectivity index (χ1) is 10.3. The first-order valence-corrected chi connectivity index (χ1v) is 7.69. The van der Waals surface area contributed by atoms with E-state index in [1.807, 2.05) is 13.0 Å². The number of aromatic carboxylic acids is 1. The van der Waals surface area contributed by atoms with E-state index in [1.54, 1.807) is 6.07 Å². The van der Waals surface area contributed by atoms with Gasteiger partial charge in [0.2, 0.25) is 5.76 Å². The molecule has 1 aliphatic rings. The molecule has 0 atom stereocenters. The summed E-state index contributed by atoms with van der Waals surface area (Å²) in [5.41, 5.74) is 4.14. The Bertz CT molecular complexity index is 654. The fraction of sp³-hybridized carbons (Fsp3) is 0.421. The van der Waals surface area contributed by atoms with Gasteiger partial charge in [-0.15, -0.1) is 0 Å². The lowest BCUT2D eigenvalue weighted by molar-refractivity contribution is 0.0662. The minimum absolute atomic E-state index is 0.0324. The Labute approximate surface area is 132 Å². The summed E-state index contributed by atoms with van der Waals surface area (Å²) in [4.78, 5) is 10.8. The fourth-order valence-corrected chi connectivity index (χ4v) is 3.04. The molecule has 3 heteroatoms. The van der Waals surface area contributed by atoms with E-state index in [0.717, 1.165) is 5.57 Å². The van der Waals surface area contributed by atoms with Crippen LogP contribution in [-0.4, -0.2) is 11.1 Å². The molecular formula is C19H24O3. The van der Waals surface area contributed by atoms with Gasteiger partial charge in [-0.1, -0.05) is 31.6 Å². The van der Waals surface area contributed by atoms with Crippen molar-refractivity contribution in [1.82, 2.24) is 0 Å². The zero-order valence-electron chi connectivity index (χ0n) is 13.8. The summed E-state index contributed by atoms with van der Waals surface area (Å²) in [7, 11) is 0. The minimum Gasteiger partial charge on any atom is -0.475 e. The first kappa shape index (κ1) is 16.3. The van der Waals surface area contributed by atoms with Crippen LogP contribution in [0.25, 0.3) is 6.08 Å². The van der Waals surface area contributed by atoms with Crippen LogP contribution < -0.4 is 0 Å². The summed E-state index contributed by atoms with van der Waals surface area (Å²) in [5, 5.41) is 8.86. The van der Waals surface area contributed by atoms with E-state index in [9.17, 15) is 4.79 Å². The van der Waals surface area contributed by atoms with Gasteiger partial charge in [-0.25, -0.2) is 4.79 Å². The van der Waals surface area contributed by atoms with Crippen molar-refractivity contribution in [2.75, 3.05) is 0 Å². The zero-order valence-corrected chi connectivity index (χ0v) is 13.8. The van der Waals surface area contributed by atoms with Crippen molar-refractivity contribution in [3.63, 3.8) is 0 Å². The highest BCUT2D eigenvalue weighted by Crippen LogP contribution is 2.40. The Morgan fingerprint density at radius 2 is 2.09 bits per heavy atom. The van der Waals surface area contributed by atoms with E-state index in [0.29, 0.717) is 5.76 Å². The molecule has 0 aliphatic heterocycles. The van der Waals surface area contributed by atoms with Crippen LogP contribution in [0, 0.1) is 5.41 Å². The highest BCUT2D eigenvalue weighted by atomic mass is 16.4. The number of carbonyl (C=O) groups is 1. The lowest BCUT2D eigenvalue weighted by atomic mass is 9.72. The van der Waals surface area contributed by atoms with Crippen LogP contribution in [0.15, 0.2) is 45.4 Å². The van der Waals surface area contributed by atoms with Gasteiger partial charge in [0.25, 0.3) is 0 Å². The van der Waals surface area contributed by atoms with E-state index in [1.165, 1.54) is 36.5 Å². The first-order valence-electron chi connectivity index (χ1n) is 7.69. The maximum Gasteiger partial charge on any atom is 0.371 e. The van der Waals surface area contributed by atoms with Crippen LogP contribution in [0.3, 0.4) is 0 Å². The Balaban J connectivity index is 2.18. The van der Waals surface area contributed by atoms with Crippen molar-refractivity contribution < 1.29 is 14.3 Å². The van der Waals surface area contributed by atoms with Crippen molar-refractivity contribution in [3.8, 4) is 0 Å². The topological polar surface area (TPSA) is 50.4 Å². The van der Waals surface area contributed by atoms with E-state index in [2.05, 4.69) is 32.9 Å². The SMILES string of the molecule is CC1=C(/C=C/C(C)=C/c2ccc(C(=O)O)o2)C(C)(C)CCC1. The average molecular weight is 300 g/mol. The quantitative estimate of drug-likeness (QED) is 0.751. The molecule has 1 heterocycles. The van der Waals surface area contributed by atoms with Crippen LogP contribution in [0.2, 0.25) is 0 Å². The zero-order chi connectivity index (χ0) is 16.3. The minimum atomic E-state index is -1.04. The maximum absolute atomic E-state index is 10.8. The Hall–Kier alpha value is -2.03. The molecule has 0 saturated carbocycles. The van der Waals surface area contributed by atoms with E-state index in [-0.39, 0.29) is 11.2 Å². The number of carboxylic acid groups (broad SMARTS) is 1. The van der Waals surface area contributed by atoms with E-state index < -0.39 is 5.97 Å². The third kappa shape index (κ3) is 3.79. The third-order valence-electron chi connectivity index (χ3n) is 4.26. The second-order valence-corrected chi connectivity index (χ2v) is 6.66. The van der Waals surface area contributed by atoms with Crippen molar-refractivity contribution in [2.24, 2.45) is 5.41 Å². The number of carboxylic acids is 1. The normalized spacial score (nSPS) is 19.0. The molecule has 0 aromatic carbocycles. The summed E-state index contributed by atoms with van der Waals surface area (Å²) in [6.07, 6.45) is 9.78. The van der Waals surface area contributed by atoms with Crippen LogP contribution in [0.5, 0.6) is 0 Å². The van der Waals surface area contributed by atoms with Gasteiger partial charge in [-0.3, -0.25) is 0 Å². The number of furan rings is 1. The summed E-state index contributed by atoms with van der Waals surface area (Å²) >= 11 is 0. The largest absolute Gasteiger partial charge is 0.475 e. The van der Waals surface area contributed by atoms with Crippen molar-refractivity contribution in [3.05, 3.63) is 52.5 Å². The van der Waals surface area contributed by atoms with Gasteiger partial charge in [0.05, 0.1) is 0 Å². The lowest BCUT2D eigenvalue weighted by Crippen LogP contribution is -2.19. The predicted molar refractivity (Wildman–Crippen MR) is 88.8 cm³/mol. The lowest BCUT2D eigenvalue weighted by Gasteiger charge is -2.32. The van der Waals surface area contributed by atoms with Crippen LogP contribution in [-0.2, 0) is 0 Å². The van der Waals surface area contributed by atoms with E-state index >= 15 is 0 Å². The summed E-state index contributed by atoms with van der Waals surface area (Å²) < 4.78 is 5.25. The third-order valence-corrected chi connectivity index (χ3v) is 4.26. The average Bonchev–Trinajstić information content (AvgIpc) is 2.86. The van der Waals surface area contributed by atoms with Gasteiger partial charge < -0.3 is 9.52 Å². The second kappa shape index (κ2) is 6.39. The molecule has 1 aromatic rings. The molecular weight excluding hydrogens is 276 g/mol. The smallest absolute Gasteiger partial charge is 0.371 e. The molecule has 1 aliphatic carbocycles. The fourth-order valence-electron chi connectivity index (χ4n) is 3.04. The number of allylic oxidation sites excluding steroid dienone is 5. The molecule has 1 N–H and O–H groups in total. The molecule has 3 nitrogen and oxygen atoms in total. The highest BCUT2D eigenvalue weighted by molar-refractivity contribution is 5.84. The standard InChI is InChI=1S/C19H24O3/c1-13(12-15-8-10-17(22-15)18(20)21)7-9-16-14(2)6-5-11-19(16,3)4/h7-10,12H,5-6,11H2,1-4H3,(H,20,21)/b9-7+,13-12+. The van der Waals surface area contributed by atoms with Gasteiger partial charge in [-0.05, 0) is 67.9 Å². The van der Waals surface area contributed by atoms with Crippen molar-refractivity contribution >= 4 is 12.0 Å². The molecule has 118 valence electrons. The molecule has 2 rings (SSSR count). The molecule has 0 saturated heterocycles. The second-order valence-electron chi connectivity index (χ2n) is 6.66. The molecule has 0 spiro atoms. The van der Waals surface area contributed by atoms with Crippen LogP contribution in [0.1, 0.15) is 63.3 Å². The monoisotopic (exact) mass is 300 g/mol. The maximum atomic E-state index is 10.8. The summed E-state index contributed by atoms with van der Waals surface area (Å²) in [5.74, 6) is -0.513. The number of hydrogen-bond acceptors (Lipinski definition) is 2. The molecule has 0 radical (unpaired) electrons.